The fraction of sp³-hybridized carbons (Fsp3) is 0.348. The average molecular weight is 426 g/mol. The summed E-state index contributed by atoms with van der Waals surface area (Å²) in [5.74, 6) is -0.437. The van der Waals surface area contributed by atoms with Crippen LogP contribution < -0.4 is 19.7 Å². The Bertz CT molecular complexity index is 926. The molecule has 1 aliphatic rings. The van der Waals surface area contributed by atoms with Gasteiger partial charge < -0.3 is 24.4 Å². The molecule has 0 spiro atoms. The highest BCUT2D eigenvalue weighted by molar-refractivity contribution is 6.00. The Balaban J connectivity index is 1.54. The van der Waals surface area contributed by atoms with Crippen molar-refractivity contribution in [1.82, 2.24) is 0 Å². The maximum Gasteiger partial charge on any atom is 0.312 e. The van der Waals surface area contributed by atoms with Gasteiger partial charge in [0, 0.05) is 24.3 Å². The molecule has 2 aromatic rings. The Morgan fingerprint density at radius 1 is 1.10 bits per heavy atom. The molecule has 1 N–H and O–H groups in total. The predicted molar refractivity (Wildman–Crippen MR) is 115 cm³/mol. The topological polar surface area (TPSA) is 94.2 Å². The summed E-state index contributed by atoms with van der Waals surface area (Å²) in [6.07, 6.45) is -0.956. The first kappa shape index (κ1) is 22.1. The molecule has 2 amide bonds. The molecule has 0 saturated carbocycles. The van der Waals surface area contributed by atoms with Crippen molar-refractivity contribution in [1.29, 1.82) is 0 Å². The molecule has 1 fully saturated rings. The Morgan fingerprint density at radius 2 is 1.74 bits per heavy atom. The minimum absolute atomic E-state index is 0.0405. The number of methoxy groups -OCH3 is 1. The van der Waals surface area contributed by atoms with Gasteiger partial charge >= 0.3 is 5.97 Å². The van der Waals surface area contributed by atoms with E-state index in [1.807, 2.05) is 6.92 Å². The minimum Gasteiger partial charge on any atom is -0.497 e. The quantitative estimate of drug-likeness (QED) is 0.652. The predicted octanol–water partition coefficient (Wildman–Crippen LogP) is 3.02. The van der Waals surface area contributed by atoms with Gasteiger partial charge in [0.05, 0.1) is 19.6 Å². The second kappa shape index (κ2) is 9.97. The van der Waals surface area contributed by atoms with Crippen LogP contribution >= 0.6 is 0 Å². The molecule has 0 aromatic heterocycles. The zero-order chi connectivity index (χ0) is 22.4. The number of benzene rings is 2. The average Bonchev–Trinajstić information content (AvgIpc) is 3.16. The molecule has 2 atom stereocenters. The van der Waals surface area contributed by atoms with E-state index in [9.17, 15) is 14.4 Å². The minimum atomic E-state index is -0.996. The fourth-order valence-electron chi connectivity index (χ4n) is 3.25. The van der Waals surface area contributed by atoms with Crippen LogP contribution in [0.4, 0.5) is 11.4 Å². The zero-order valence-electron chi connectivity index (χ0n) is 17.8. The summed E-state index contributed by atoms with van der Waals surface area (Å²) >= 11 is 0. The number of hydrogen-bond donors (Lipinski definition) is 1. The molecule has 164 valence electrons. The molecular formula is C23H26N2O6. The molecule has 2 aromatic carbocycles. The Labute approximate surface area is 181 Å². The van der Waals surface area contributed by atoms with Crippen molar-refractivity contribution >= 4 is 29.2 Å². The van der Waals surface area contributed by atoms with Crippen molar-refractivity contribution in [2.24, 2.45) is 5.92 Å². The van der Waals surface area contributed by atoms with Crippen molar-refractivity contribution in [3.63, 3.8) is 0 Å². The second-order valence-electron chi connectivity index (χ2n) is 7.13. The number of nitrogens with zero attached hydrogens (tertiary/aromatic N) is 1. The summed E-state index contributed by atoms with van der Waals surface area (Å²) in [6.45, 7) is 4.16. The summed E-state index contributed by atoms with van der Waals surface area (Å²) in [6, 6.07) is 13.9. The molecule has 3 rings (SSSR count). The standard InChI is InChI=1S/C23H26N2O6/c1-4-30-20-11-7-18(8-12-20)25-14-16(13-21(25)26)23(28)31-15(2)22(27)24-17-5-9-19(29-3)10-6-17/h5-12,15-16H,4,13-14H2,1-3H3,(H,24,27). The van der Waals surface area contributed by atoms with E-state index in [1.165, 1.54) is 6.92 Å². The van der Waals surface area contributed by atoms with Crippen LogP contribution in [0.2, 0.25) is 0 Å². The zero-order valence-corrected chi connectivity index (χ0v) is 17.8. The lowest BCUT2D eigenvalue weighted by atomic mass is 10.1. The van der Waals surface area contributed by atoms with Crippen LogP contribution in [0.1, 0.15) is 20.3 Å². The van der Waals surface area contributed by atoms with E-state index in [4.69, 9.17) is 14.2 Å². The number of carbonyl (C=O) groups is 3. The van der Waals surface area contributed by atoms with Crippen molar-refractivity contribution in [3.05, 3.63) is 48.5 Å². The number of amides is 2. The highest BCUT2D eigenvalue weighted by Crippen LogP contribution is 2.28. The molecule has 1 saturated heterocycles. The molecule has 8 nitrogen and oxygen atoms in total. The Morgan fingerprint density at radius 3 is 2.35 bits per heavy atom. The van der Waals surface area contributed by atoms with E-state index < -0.39 is 23.9 Å². The lowest BCUT2D eigenvalue weighted by Crippen LogP contribution is -2.33. The molecule has 0 bridgehead atoms. The van der Waals surface area contributed by atoms with E-state index in [-0.39, 0.29) is 18.9 Å². The summed E-state index contributed by atoms with van der Waals surface area (Å²) < 4.78 is 15.8. The number of nitrogens with one attached hydrogen (secondary N) is 1. The van der Waals surface area contributed by atoms with Crippen LogP contribution in [0.5, 0.6) is 11.5 Å². The van der Waals surface area contributed by atoms with Crippen LogP contribution in [0.25, 0.3) is 0 Å². The van der Waals surface area contributed by atoms with Gasteiger partial charge in [-0.05, 0) is 62.4 Å². The third kappa shape index (κ3) is 5.53. The van der Waals surface area contributed by atoms with Gasteiger partial charge in [-0.1, -0.05) is 0 Å². The van der Waals surface area contributed by atoms with Gasteiger partial charge in [0.25, 0.3) is 5.91 Å². The summed E-state index contributed by atoms with van der Waals surface area (Å²) in [5.41, 5.74) is 1.25. The van der Waals surface area contributed by atoms with Gasteiger partial charge in [-0.3, -0.25) is 14.4 Å². The summed E-state index contributed by atoms with van der Waals surface area (Å²) in [4.78, 5) is 38.8. The maximum atomic E-state index is 12.5. The van der Waals surface area contributed by atoms with Crippen molar-refractivity contribution < 1.29 is 28.6 Å². The molecule has 1 heterocycles. The molecule has 0 radical (unpaired) electrons. The normalized spacial score (nSPS) is 16.5. The highest BCUT2D eigenvalue weighted by atomic mass is 16.5. The van der Waals surface area contributed by atoms with Crippen LogP contribution in [0.15, 0.2) is 48.5 Å². The Kier molecular flexibility index (Phi) is 7.12. The van der Waals surface area contributed by atoms with Gasteiger partial charge in [-0.15, -0.1) is 0 Å². The molecule has 31 heavy (non-hydrogen) atoms. The van der Waals surface area contributed by atoms with E-state index in [0.29, 0.717) is 29.5 Å². The lowest BCUT2D eigenvalue weighted by Gasteiger charge is -2.18. The number of carbonyl (C=O) groups excluding carboxylic acids is 3. The van der Waals surface area contributed by atoms with E-state index in [1.54, 1.807) is 60.5 Å². The molecule has 8 heteroatoms. The van der Waals surface area contributed by atoms with Gasteiger partial charge in [-0.25, -0.2) is 0 Å². The van der Waals surface area contributed by atoms with Gasteiger partial charge in [-0.2, -0.15) is 0 Å². The van der Waals surface area contributed by atoms with Crippen LogP contribution in [-0.2, 0) is 19.1 Å². The molecular weight excluding hydrogens is 400 g/mol. The Hall–Kier alpha value is -3.55. The van der Waals surface area contributed by atoms with Gasteiger partial charge in [0.2, 0.25) is 5.91 Å². The second-order valence-corrected chi connectivity index (χ2v) is 7.13. The number of hydrogen-bond acceptors (Lipinski definition) is 6. The third-order valence-corrected chi connectivity index (χ3v) is 4.94. The van der Waals surface area contributed by atoms with Crippen LogP contribution in [0.3, 0.4) is 0 Å². The molecule has 2 unspecified atom stereocenters. The monoisotopic (exact) mass is 426 g/mol. The summed E-state index contributed by atoms with van der Waals surface area (Å²) in [7, 11) is 1.56. The number of rotatable bonds is 8. The van der Waals surface area contributed by atoms with Crippen LogP contribution in [-0.4, -0.2) is 44.1 Å². The van der Waals surface area contributed by atoms with E-state index in [0.717, 1.165) is 0 Å². The van der Waals surface area contributed by atoms with Crippen molar-refractivity contribution in [3.8, 4) is 11.5 Å². The van der Waals surface area contributed by atoms with Gasteiger partial charge in [0.1, 0.15) is 11.5 Å². The number of anilines is 2. The largest absolute Gasteiger partial charge is 0.497 e. The van der Waals surface area contributed by atoms with E-state index >= 15 is 0 Å². The van der Waals surface area contributed by atoms with Crippen LogP contribution in [0, 0.1) is 5.92 Å². The van der Waals surface area contributed by atoms with Gasteiger partial charge in [0.15, 0.2) is 6.10 Å². The first-order valence-electron chi connectivity index (χ1n) is 10.1. The highest BCUT2D eigenvalue weighted by Gasteiger charge is 2.37. The van der Waals surface area contributed by atoms with Crippen molar-refractivity contribution in [2.45, 2.75) is 26.4 Å². The lowest BCUT2D eigenvalue weighted by molar-refractivity contribution is -0.157. The molecule has 1 aliphatic heterocycles. The number of esters is 1. The first-order valence-corrected chi connectivity index (χ1v) is 10.1. The molecule has 0 aliphatic carbocycles. The maximum absolute atomic E-state index is 12.5. The van der Waals surface area contributed by atoms with Crippen molar-refractivity contribution in [2.75, 3.05) is 30.5 Å². The fourth-order valence-corrected chi connectivity index (χ4v) is 3.25. The smallest absolute Gasteiger partial charge is 0.312 e. The summed E-state index contributed by atoms with van der Waals surface area (Å²) in [5, 5.41) is 2.69. The SMILES string of the molecule is CCOc1ccc(N2CC(C(=O)OC(C)C(=O)Nc3ccc(OC)cc3)CC2=O)cc1. The first-order chi connectivity index (χ1) is 14.9. The third-order valence-electron chi connectivity index (χ3n) is 4.94. The van der Waals surface area contributed by atoms with E-state index in [2.05, 4.69) is 5.32 Å². The number of ether oxygens (including phenoxy) is 3.